The van der Waals surface area contributed by atoms with Crippen molar-refractivity contribution in [3.05, 3.63) is 60.1 Å². The summed E-state index contributed by atoms with van der Waals surface area (Å²) in [6.45, 7) is 1.05. The van der Waals surface area contributed by atoms with Crippen LogP contribution in [0.3, 0.4) is 0 Å². The predicted octanol–water partition coefficient (Wildman–Crippen LogP) is 2.68. The van der Waals surface area contributed by atoms with Crippen molar-refractivity contribution in [2.75, 3.05) is 11.9 Å². The molecule has 1 heterocycles. The average molecular weight is 313 g/mol. The van der Waals surface area contributed by atoms with Crippen LogP contribution in [0.4, 0.5) is 5.69 Å². The highest BCUT2D eigenvalue weighted by Gasteiger charge is 2.06. The third kappa shape index (κ3) is 5.28. The fourth-order valence-corrected chi connectivity index (χ4v) is 1.71. The molecule has 0 fully saturated rings. The number of hydrogen-bond donors (Lipinski definition) is 1. The van der Waals surface area contributed by atoms with Crippen LogP contribution in [0, 0.1) is 0 Å². The van der Waals surface area contributed by atoms with E-state index < -0.39 is 18.5 Å². The molecule has 0 saturated heterocycles. The Morgan fingerprint density at radius 3 is 2.52 bits per heavy atom. The summed E-state index contributed by atoms with van der Waals surface area (Å²) in [6, 6.07) is 9.80. The lowest BCUT2D eigenvalue weighted by Crippen LogP contribution is -2.20. The highest BCUT2D eigenvalue weighted by molar-refractivity contribution is 5.96. The maximum absolute atomic E-state index is 11.7. The molecular weight excluding hydrogens is 298 g/mol. The van der Waals surface area contributed by atoms with Crippen LogP contribution in [0.5, 0.6) is 0 Å². The van der Waals surface area contributed by atoms with Gasteiger partial charge in [-0.05, 0) is 49.4 Å². The summed E-state index contributed by atoms with van der Waals surface area (Å²) in [5.74, 6) is -0.666. The van der Waals surface area contributed by atoms with Gasteiger partial charge in [0.25, 0.3) is 5.91 Å². The first-order valence-electron chi connectivity index (χ1n) is 6.84. The lowest BCUT2D eigenvalue weighted by Gasteiger charge is -2.05. The van der Waals surface area contributed by atoms with Crippen LogP contribution in [0.15, 0.2) is 53.2 Å². The highest BCUT2D eigenvalue weighted by Crippen LogP contribution is 2.10. The molecule has 0 saturated carbocycles. The monoisotopic (exact) mass is 313 g/mol. The van der Waals surface area contributed by atoms with E-state index >= 15 is 0 Å². The summed E-state index contributed by atoms with van der Waals surface area (Å²) in [5, 5.41) is 2.56. The van der Waals surface area contributed by atoms with Gasteiger partial charge in [0, 0.05) is 17.3 Å². The topological polar surface area (TPSA) is 85.6 Å². The van der Waals surface area contributed by atoms with E-state index in [-0.39, 0.29) is 5.78 Å². The molecule has 1 amide bonds. The van der Waals surface area contributed by atoms with Gasteiger partial charge >= 0.3 is 5.97 Å². The van der Waals surface area contributed by atoms with Crippen molar-refractivity contribution >= 4 is 29.4 Å². The Morgan fingerprint density at radius 2 is 1.91 bits per heavy atom. The normalized spacial score (nSPS) is 10.5. The fourth-order valence-electron chi connectivity index (χ4n) is 1.71. The Balaban J connectivity index is 1.78. The summed E-state index contributed by atoms with van der Waals surface area (Å²) in [6.07, 6.45) is 4.10. The molecule has 2 aromatic rings. The first kappa shape index (κ1) is 16.2. The number of esters is 1. The molecule has 0 radical (unpaired) electrons. The zero-order valence-corrected chi connectivity index (χ0v) is 12.4. The second kappa shape index (κ2) is 7.74. The van der Waals surface area contributed by atoms with Crippen LogP contribution in [0.2, 0.25) is 0 Å². The maximum Gasteiger partial charge on any atom is 0.331 e. The summed E-state index contributed by atoms with van der Waals surface area (Å²) >= 11 is 0. The van der Waals surface area contributed by atoms with E-state index in [1.54, 1.807) is 36.4 Å². The molecule has 1 N–H and O–H groups in total. The number of anilines is 1. The molecule has 0 aliphatic rings. The largest absolute Gasteiger partial charge is 0.465 e. The van der Waals surface area contributed by atoms with Gasteiger partial charge in [0.2, 0.25) is 0 Å². The number of ketones is 1. The Bertz CT molecular complexity index is 714. The molecule has 0 bridgehead atoms. The minimum atomic E-state index is -0.650. The Morgan fingerprint density at radius 1 is 1.17 bits per heavy atom. The van der Waals surface area contributed by atoms with Gasteiger partial charge in [0.1, 0.15) is 5.76 Å². The van der Waals surface area contributed by atoms with Gasteiger partial charge in [0.05, 0.1) is 6.26 Å². The molecular formula is C17H15NO5. The van der Waals surface area contributed by atoms with Crippen LogP contribution < -0.4 is 5.32 Å². The van der Waals surface area contributed by atoms with E-state index in [0.29, 0.717) is 17.0 Å². The summed E-state index contributed by atoms with van der Waals surface area (Å²) < 4.78 is 9.82. The van der Waals surface area contributed by atoms with E-state index in [1.165, 1.54) is 25.3 Å². The summed E-state index contributed by atoms with van der Waals surface area (Å²) in [4.78, 5) is 34.3. The molecule has 1 aromatic heterocycles. The van der Waals surface area contributed by atoms with Crippen molar-refractivity contribution in [2.45, 2.75) is 6.92 Å². The van der Waals surface area contributed by atoms with Gasteiger partial charge in [-0.3, -0.25) is 9.59 Å². The molecule has 0 spiro atoms. The van der Waals surface area contributed by atoms with Crippen LogP contribution >= 0.6 is 0 Å². The number of rotatable bonds is 6. The molecule has 2 rings (SSSR count). The maximum atomic E-state index is 11.7. The number of nitrogens with one attached hydrogen (secondary N) is 1. The van der Waals surface area contributed by atoms with Crippen molar-refractivity contribution in [3.63, 3.8) is 0 Å². The van der Waals surface area contributed by atoms with E-state index in [0.717, 1.165) is 0 Å². The number of ether oxygens (including phenoxy) is 1. The van der Waals surface area contributed by atoms with E-state index in [1.807, 2.05) is 0 Å². The van der Waals surface area contributed by atoms with Gasteiger partial charge in [0.15, 0.2) is 12.4 Å². The van der Waals surface area contributed by atoms with E-state index in [2.05, 4.69) is 5.32 Å². The minimum Gasteiger partial charge on any atom is -0.465 e. The van der Waals surface area contributed by atoms with Crippen molar-refractivity contribution in [3.8, 4) is 0 Å². The van der Waals surface area contributed by atoms with Crippen LogP contribution in [0.25, 0.3) is 6.08 Å². The summed E-state index contributed by atoms with van der Waals surface area (Å²) in [5.41, 5.74) is 1.07. The zero-order chi connectivity index (χ0) is 16.7. The number of Topliss-reactive ketones (excluding diaryl/α,β-unsaturated/α-hetero) is 1. The molecule has 0 aliphatic carbocycles. The summed E-state index contributed by atoms with van der Waals surface area (Å²) in [7, 11) is 0. The first-order chi connectivity index (χ1) is 11.0. The number of carbonyl (C=O) groups excluding carboxylic acids is 3. The lowest BCUT2D eigenvalue weighted by molar-refractivity contribution is -0.142. The van der Waals surface area contributed by atoms with Crippen molar-refractivity contribution in [1.29, 1.82) is 0 Å². The number of hydrogen-bond acceptors (Lipinski definition) is 5. The minimum absolute atomic E-state index is 0.0554. The molecule has 0 atom stereocenters. The number of carbonyl (C=O) groups is 3. The zero-order valence-electron chi connectivity index (χ0n) is 12.4. The Kier molecular flexibility index (Phi) is 5.46. The number of benzene rings is 1. The molecule has 1 aromatic carbocycles. The van der Waals surface area contributed by atoms with E-state index in [9.17, 15) is 14.4 Å². The Labute approximate surface area is 132 Å². The van der Waals surface area contributed by atoms with Gasteiger partial charge < -0.3 is 14.5 Å². The van der Waals surface area contributed by atoms with Crippen LogP contribution in [-0.4, -0.2) is 24.3 Å². The highest BCUT2D eigenvalue weighted by atomic mass is 16.5. The molecule has 0 unspecified atom stereocenters. The van der Waals surface area contributed by atoms with E-state index in [4.69, 9.17) is 9.15 Å². The van der Waals surface area contributed by atoms with Crippen LogP contribution in [-0.2, 0) is 14.3 Å². The van der Waals surface area contributed by atoms with Crippen LogP contribution in [0.1, 0.15) is 23.0 Å². The molecule has 6 heteroatoms. The molecule has 118 valence electrons. The quantitative estimate of drug-likeness (QED) is 0.503. The second-order valence-electron chi connectivity index (χ2n) is 4.64. The SMILES string of the molecule is CC(=O)c1ccc(NC(=O)COC(=O)/C=C/c2ccco2)cc1. The number of amides is 1. The van der Waals surface area contributed by atoms with Gasteiger partial charge in [-0.2, -0.15) is 0 Å². The third-order valence-electron chi connectivity index (χ3n) is 2.85. The smallest absolute Gasteiger partial charge is 0.331 e. The average Bonchev–Trinajstić information content (AvgIpc) is 3.05. The van der Waals surface area contributed by atoms with Crippen molar-refractivity contribution in [2.24, 2.45) is 0 Å². The first-order valence-corrected chi connectivity index (χ1v) is 6.84. The van der Waals surface area contributed by atoms with Gasteiger partial charge in [-0.15, -0.1) is 0 Å². The fraction of sp³-hybridized carbons (Fsp3) is 0.118. The van der Waals surface area contributed by atoms with Gasteiger partial charge in [-0.1, -0.05) is 0 Å². The third-order valence-corrected chi connectivity index (χ3v) is 2.85. The van der Waals surface area contributed by atoms with Crippen molar-refractivity contribution < 1.29 is 23.5 Å². The number of furan rings is 1. The Hall–Kier alpha value is -3.15. The standard InChI is InChI=1S/C17H15NO5/c1-12(19)13-4-6-14(7-5-13)18-16(20)11-23-17(21)9-8-15-3-2-10-22-15/h2-10H,11H2,1H3,(H,18,20)/b9-8+. The molecule has 0 aliphatic heterocycles. The molecule has 6 nitrogen and oxygen atoms in total. The van der Waals surface area contributed by atoms with Crippen molar-refractivity contribution in [1.82, 2.24) is 0 Å². The lowest BCUT2D eigenvalue weighted by atomic mass is 10.1. The predicted molar refractivity (Wildman–Crippen MR) is 83.8 cm³/mol. The van der Waals surface area contributed by atoms with Gasteiger partial charge in [-0.25, -0.2) is 4.79 Å². The molecule has 23 heavy (non-hydrogen) atoms. The second-order valence-corrected chi connectivity index (χ2v) is 4.64.